The van der Waals surface area contributed by atoms with Crippen LogP contribution in [0, 0.1) is 0 Å². The van der Waals surface area contributed by atoms with Gasteiger partial charge in [0.2, 0.25) is 0 Å². The number of thioether (sulfide) groups is 1. The Bertz CT molecular complexity index is 878. The number of aromatic nitrogens is 4. The van der Waals surface area contributed by atoms with Crippen molar-refractivity contribution in [2.24, 2.45) is 0 Å². The number of halogens is 8. The first-order valence-corrected chi connectivity index (χ1v) is 9.22. The number of carbonyl (C=O) groups excluding carboxylic acids is 1. The standard InChI is InChI=1S/C14H10BrF7N4O2S/c1-7(12(16,17)13(18,19)14(20,21)22)28-10(27)6-29-11-23-3-2-9(25-11)26-5-8(15)4-24-26/h2-5,7H,6H2,1H3. The van der Waals surface area contributed by atoms with Crippen LogP contribution >= 0.6 is 27.7 Å². The summed E-state index contributed by atoms with van der Waals surface area (Å²) in [7, 11) is 0. The monoisotopic (exact) mass is 510 g/mol. The Morgan fingerprint density at radius 2 is 1.93 bits per heavy atom. The van der Waals surface area contributed by atoms with E-state index >= 15 is 0 Å². The summed E-state index contributed by atoms with van der Waals surface area (Å²) in [5.74, 6) is -13.9. The van der Waals surface area contributed by atoms with E-state index < -0.39 is 35.8 Å². The van der Waals surface area contributed by atoms with E-state index in [4.69, 9.17) is 0 Å². The van der Waals surface area contributed by atoms with E-state index in [0.29, 0.717) is 22.1 Å². The van der Waals surface area contributed by atoms with Gasteiger partial charge >= 0.3 is 24.0 Å². The third-order valence-electron chi connectivity index (χ3n) is 3.32. The van der Waals surface area contributed by atoms with Gasteiger partial charge in [-0.05, 0) is 22.9 Å². The molecule has 15 heteroatoms. The number of nitrogens with zero attached hydrogens (tertiary/aromatic N) is 4. The summed E-state index contributed by atoms with van der Waals surface area (Å²) in [6.45, 7) is 0.245. The molecule has 0 amide bonds. The normalized spacial score (nSPS) is 14.0. The predicted molar refractivity (Wildman–Crippen MR) is 89.1 cm³/mol. The largest absolute Gasteiger partial charge is 0.460 e. The highest BCUT2D eigenvalue weighted by atomic mass is 79.9. The summed E-state index contributed by atoms with van der Waals surface area (Å²) in [4.78, 5) is 19.5. The Hall–Kier alpha value is -1.90. The van der Waals surface area contributed by atoms with Gasteiger partial charge in [0.1, 0.15) is 0 Å². The van der Waals surface area contributed by atoms with Gasteiger partial charge in [-0.2, -0.15) is 35.8 Å². The average Bonchev–Trinajstić information content (AvgIpc) is 3.05. The maximum Gasteiger partial charge on any atom is 0.460 e. The zero-order chi connectivity index (χ0) is 22.0. The van der Waals surface area contributed by atoms with Crippen LogP contribution in [0.3, 0.4) is 0 Å². The molecular formula is C14H10BrF7N4O2S. The molecule has 2 rings (SSSR count). The molecule has 0 aliphatic carbocycles. The van der Waals surface area contributed by atoms with Crippen LogP contribution in [-0.4, -0.2) is 55.6 Å². The van der Waals surface area contributed by atoms with Crippen LogP contribution < -0.4 is 0 Å². The molecule has 0 bridgehead atoms. The third kappa shape index (κ3) is 5.18. The number of esters is 1. The predicted octanol–water partition coefficient (Wildman–Crippen LogP) is 4.28. The smallest absolute Gasteiger partial charge is 0.455 e. The number of hydrogen-bond donors (Lipinski definition) is 0. The Labute approximate surface area is 171 Å². The molecule has 2 aromatic rings. The lowest BCUT2D eigenvalue weighted by molar-refractivity contribution is -0.369. The number of hydrogen-bond acceptors (Lipinski definition) is 6. The fourth-order valence-electron chi connectivity index (χ4n) is 1.83. The maximum absolute atomic E-state index is 13.5. The lowest BCUT2D eigenvalue weighted by Crippen LogP contribution is -2.58. The molecule has 2 heterocycles. The van der Waals surface area contributed by atoms with Crippen molar-refractivity contribution in [3.8, 4) is 5.82 Å². The molecule has 0 radical (unpaired) electrons. The van der Waals surface area contributed by atoms with Crippen molar-refractivity contribution in [1.29, 1.82) is 0 Å². The second kappa shape index (κ2) is 8.45. The van der Waals surface area contributed by atoms with Crippen LogP contribution in [0.5, 0.6) is 0 Å². The first-order valence-electron chi connectivity index (χ1n) is 7.44. The molecule has 0 fully saturated rings. The summed E-state index contributed by atoms with van der Waals surface area (Å²) < 4.78 is 95.5. The summed E-state index contributed by atoms with van der Waals surface area (Å²) in [6, 6.07) is 1.48. The van der Waals surface area contributed by atoms with Crippen molar-refractivity contribution < 1.29 is 40.3 Å². The van der Waals surface area contributed by atoms with E-state index in [1.807, 2.05) is 0 Å². The Kier molecular flexibility index (Phi) is 6.82. The Morgan fingerprint density at radius 3 is 2.48 bits per heavy atom. The van der Waals surface area contributed by atoms with Crippen LogP contribution in [0.2, 0.25) is 0 Å². The summed E-state index contributed by atoms with van der Waals surface area (Å²) >= 11 is 3.79. The molecule has 0 aliphatic rings. The molecule has 1 atom stereocenters. The van der Waals surface area contributed by atoms with E-state index in [1.165, 1.54) is 23.1 Å². The molecule has 29 heavy (non-hydrogen) atoms. The van der Waals surface area contributed by atoms with Gasteiger partial charge in [-0.25, -0.2) is 14.6 Å². The molecule has 160 valence electrons. The number of carbonyl (C=O) groups is 1. The van der Waals surface area contributed by atoms with Gasteiger partial charge in [0.25, 0.3) is 0 Å². The minimum Gasteiger partial charge on any atom is -0.455 e. The van der Waals surface area contributed by atoms with Gasteiger partial charge in [-0.1, -0.05) is 11.8 Å². The van der Waals surface area contributed by atoms with Crippen LogP contribution in [-0.2, 0) is 9.53 Å². The Balaban J connectivity index is 1.99. The third-order valence-corrected chi connectivity index (χ3v) is 4.56. The van der Waals surface area contributed by atoms with Crippen LogP contribution in [0.25, 0.3) is 5.82 Å². The van der Waals surface area contributed by atoms with E-state index in [2.05, 4.69) is 35.7 Å². The fraction of sp³-hybridized carbons (Fsp3) is 0.429. The van der Waals surface area contributed by atoms with Crippen molar-refractivity contribution in [3.05, 3.63) is 29.1 Å². The summed E-state index contributed by atoms with van der Waals surface area (Å²) in [6.07, 6.45) is -5.19. The topological polar surface area (TPSA) is 69.9 Å². The number of ether oxygens (including phenoxy) is 1. The fourth-order valence-corrected chi connectivity index (χ4v) is 2.72. The molecule has 0 aliphatic heterocycles. The van der Waals surface area contributed by atoms with Crippen molar-refractivity contribution in [2.45, 2.75) is 36.2 Å². The van der Waals surface area contributed by atoms with Crippen LogP contribution in [0.1, 0.15) is 6.92 Å². The summed E-state index contributed by atoms with van der Waals surface area (Å²) in [5.41, 5.74) is 0. The van der Waals surface area contributed by atoms with Gasteiger partial charge in [0.05, 0.1) is 16.4 Å². The molecule has 0 N–H and O–H groups in total. The molecular weight excluding hydrogens is 501 g/mol. The molecule has 0 spiro atoms. The van der Waals surface area contributed by atoms with Gasteiger partial charge in [-0.3, -0.25) is 4.79 Å². The number of alkyl halides is 7. The summed E-state index contributed by atoms with van der Waals surface area (Å²) in [5, 5.41) is 3.96. The van der Waals surface area contributed by atoms with Crippen molar-refractivity contribution in [3.63, 3.8) is 0 Å². The van der Waals surface area contributed by atoms with Crippen molar-refractivity contribution >= 4 is 33.7 Å². The molecule has 0 saturated carbocycles. The highest BCUT2D eigenvalue weighted by molar-refractivity contribution is 9.10. The average molecular weight is 511 g/mol. The van der Waals surface area contributed by atoms with E-state index in [0.717, 1.165) is 0 Å². The van der Waals surface area contributed by atoms with E-state index in [1.54, 1.807) is 6.20 Å². The van der Waals surface area contributed by atoms with Crippen LogP contribution in [0.15, 0.2) is 34.3 Å². The van der Waals surface area contributed by atoms with Gasteiger partial charge in [-0.15, -0.1) is 0 Å². The zero-order valence-electron chi connectivity index (χ0n) is 14.1. The highest BCUT2D eigenvalue weighted by Gasteiger charge is 2.75. The quantitative estimate of drug-likeness (QED) is 0.239. The molecule has 6 nitrogen and oxygen atoms in total. The highest BCUT2D eigenvalue weighted by Crippen LogP contribution is 2.48. The zero-order valence-corrected chi connectivity index (χ0v) is 16.5. The van der Waals surface area contributed by atoms with Crippen molar-refractivity contribution in [1.82, 2.24) is 19.7 Å². The van der Waals surface area contributed by atoms with E-state index in [-0.39, 0.29) is 12.1 Å². The maximum atomic E-state index is 13.5. The lowest BCUT2D eigenvalue weighted by atomic mass is 10.1. The van der Waals surface area contributed by atoms with E-state index in [9.17, 15) is 35.5 Å². The van der Waals surface area contributed by atoms with Gasteiger partial charge < -0.3 is 4.74 Å². The van der Waals surface area contributed by atoms with Gasteiger partial charge in [0, 0.05) is 18.5 Å². The molecule has 0 saturated heterocycles. The van der Waals surface area contributed by atoms with Crippen LogP contribution in [0.4, 0.5) is 30.7 Å². The first-order chi connectivity index (χ1) is 13.3. The molecule has 1 unspecified atom stereocenters. The SMILES string of the molecule is CC(OC(=O)CSc1nccc(-n2cc(Br)cn2)n1)C(F)(F)C(F)(F)C(F)(F)F. The second-order valence-electron chi connectivity index (χ2n) is 5.42. The number of rotatable bonds is 7. The molecule has 2 aromatic heterocycles. The van der Waals surface area contributed by atoms with Crippen molar-refractivity contribution in [2.75, 3.05) is 5.75 Å². The second-order valence-corrected chi connectivity index (χ2v) is 7.27. The molecule has 0 aromatic carbocycles. The minimum absolute atomic E-state index is 0.00823. The lowest BCUT2D eigenvalue weighted by Gasteiger charge is -2.31. The minimum atomic E-state index is -6.51. The van der Waals surface area contributed by atoms with Gasteiger partial charge in [0.15, 0.2) is 17.1 Å². The first kappa shape index (κ1) is 23.4. The Morgan fingerprint density at radius 1 is 1.28 bits per heavy atom.